The number of amides is 1. The number of ether oxygens (including phenoxy) is 2. The summed E-state index contributed by atoms with van der Waals surface area (Å²) < 4.78 is 34.8. The fraction of sp³-hybridized carbons (Fsp3) is 0.350. The lowest BCUT2D eigenvalue weighted by Gasteiger charge is -2.22. The molecule has 0 aliphatic heterocycles. The molecule has 1 amide bonds. The number of alkyl halides is 2. The third kappa shape index (κ3) is 6.35. The van der Waals surface area contributed by atoms with Gasteiger partial charge in [-0.25, -0.2) is 0 Å². The van der Waals surface area contributed by atoms with Crippen LogP contribution in [-0.2, 0) is 11.3 Å². The molecule has 0 bridgehead atoms. The second-order valence-corrected chi connectivity index (χ2v) is 6.18. The maximum Gasteiger partial charge on any atom is 0.387 e. The summed E-state index contributed by atoms with van der Waals surface area (Å²) >= 11 is 0. The Balaban J connectivity index is 0.00000392. The molecule has 0 aliphatic carbocycles. The standard InChI is InChI=1S/C20H24F2N2O3.ClH/c1-4-26-17-11-14(7-10-16(17)27-20(21)22)12-24(3)19(25)18(23)15-8-5-13(2)6-9-15;/h5-11,18,20H,4,12,23H2,1-3H3;1H. The number of benzene rings is 2. The molecule has 28 heavy (non-hydrogen) atoms. The van der Waals surface area contributed by atoms with Crippen LogP contribution in [0.5, 0.6) is 11.5 Å². The first-order valence-corrected chi connectivity index (χ1v) is 8.59. The summed E-state index contributed by atoms with van der Waals surface area (Å²) in [6.45, 7) is 1.33. The lowest BCUT2D eigenvalue weighted by atomic mass is 10.0. The van der Waals surface area contributed by atoms with Crippen molar-refractivity contribution in [3.05, 3.63) is 59.2 Å². The molecular weight excluding hydrogens is 390 g/mol. The van der Waals surface area contributed by atoms with E-state index in [2.05, 4.69) is 4.74 Å². The Morgan fingerprint density at radius 2 is 1.79 bits per heavy atom. The number of nitrogens with zero attached hydrogens (tertiary/aromatic N) is 1. The van der Waals surface area contributed by atoms with Crippen LogP contribution in [-0.4, -0.2) is 31.1 Å². The maximum absolute atomic E-state index is 12.6. The summed E-state index contributed by atoms with van der Waals surface area (Å²) in [6.07, 6.45) is 0. The zero-order valence-electron chi connectivity index (χ0n) is 16.0. The van der Waals surface area contributed by atoms with Crippen LogP contribution in [0.25, 0.3) is 0 Å². The summed E-state index contributed by atoms with van der Waals surface area (Å²) in [4.78, 5) is 14.1. The van der Waals surface area contributed by atoms with Crippen molar-refractivity contribution in [2.24, 2.45) is 5.73 Å². The van der Waals surface area contributed by atoms with E-state index in [0.717, 1.165) is 11.1 Å². The summed E-state index contributed by atoms with van der Waals surface area (Å²) in [5.74, 6) is -0.0790. The average Bonchev–Trinajstić information content (AvgIpc) is 2.63. The predicted octanol–water partition coefficient (Wildman–Crippen LogP) is 4.08. The summed E-state index contributed by atoms with van der Waals surface area (Å²) in [5, 5.41) is 0. The van der Waals surface area contributed by atoms with Crippen LogP contribution in [0.15, 0.2) is 42.5 Å². The molecule has 2 aromatic rings. The molecule has 1 atom stereocenters. The molecule has 2 rings (SSSR count). The van der Waals surface area contributed by atoms with Gasteiger partial charge >= 0.3 is 6.61 Å². The molecule has 1 unspecified atom stereocenters. The monoisotopic (exact) mass is 414 g/mol. The van der Waals surface area contributed by atoms with Gasteiger partial charge < -0.3 is 20.1 Å². The van der Waals surface area contributed by atoms with Crippen molar-refractivity contribution < 1.29 is 23.0 Å². The van der Waals surface area contributed by atoms with Gasteiger partial charge in [-0.15, -0.1) is 12.4 Å². The smallest absolute Gasteiger partial charge is 0.387 e. The Labute approximate surface area is 169 Å². The minimum absolute atomic E-state index is 0. The van der Waals surface area contributed by atoms with Crippen molar-refractivity contribution in [1.82, 2.24) is 4.90 Å². The van der Waals surface area contributed by atoms with E-state index in [9.17, 15) is 13.6 Å². The average molecular weight is 415 g/mol. The van der Waals surface area contributed by atoms with Gasteiger partial charge in [0.25, 0.3) is 0 Å². The van der Waals surface area contributed by atoms with Gasteiger partial charge in [0, 0.05) is 13.6 Å². The van der Waals surface area contributed by atoms with E-state index in [1.54, 1.807) is 26.1 Å². The molecule has 0 radical (unpaired) electrons. The number of carbonyl (C=O) groups excluding carboxylic acids is 1. The van der Waals surface area contributed by atoms with Crippen LogP contribution in [0.4, 0.5) is 8.78 Å². The Hall–Kier alpha value is -2.38. The van der Waals surface area contributed by atoms with Gasteiger partial charge in [0.2, 0.25) is 5.91 Å². The van der Waals surface area contributed by atoms with E-state index in [-0.39, 0.29) is 36.4 Å². The first-order chi connectivity index (χ1) is 12.8. The van der Waals surface area contributed by atoms with Crippen molar-refractivity contribution in [3.8, 4) is 11.5 Å². The van der Waals surface area contributed by atoms with Crippen molar-refractivity contribution in [2.45, 2.75) is 33.0 Å². The highest BCUT2D eigenvalue weighted by Gasteiger charge is 2.20. The zero-order valence-corrected chi connectivity index (χ0v) is 16.8. The largest absolute Gasteiger partial charge is 0.490 e. The zero-order chi connectivity index (χ0) is 20.0. The number of hydrogen-bond donors (Lipinski definition) is 1. The van der Waals surface area contributed by atoms with E-state index < -0.39 is 12.7 Å². The first-order valence-electron chi connectivity index (χ1n) is 8.59. The van der Waals surface area contributed by atoms with Gasteiger partial charge in [0.1, 0.15) is 6.04 Å². The second-order valence-electron chi connectivity index (χ2n) is 6.18. The van der Waals surface area contributed by atoms with Crippen LogP contribution < -0.4 is 15.2 Å². The van der Waals surface area contributed by atoms with Crippen LogP contribution in [0.3, 0.4) is 0 Å². The lowest BCUT2D eigenvalue weighted by molar-refractivity contribution is -0.132. The Kier molecular flexibility index (Phi) is 9.15. The molecule has 0 saturated carbocycles. The molecular formula is C20H25ClF2N2O3. The Morgan fingerprint density at radius 1 is 1.14 bits per heavy atom. The fourth-order valence-corrected chi connectivity index (χ4v) is 2.62. The number of hydrogen-bond acceptors (Lipinski definition) is 4. The summed E-state index contributed by atoms with van der Waals surface area (Å²) in [7, 11) is 1.64. The van der Waals surface area contributed by atoms with Gasteiger partial charge in [0.05, 0.1) is 6.61 Å². The molecule has 5 nitrogen and oxygen atoms in total. The Morgan fingerprint density at radius 3 is 2.36 bits per heavy atom. The molecule has 154 valence electrons. The van der Waals surface area contributed by atoms with E-state index in [4.69, 9.17) is 10.5 Å². The number of likely N-dealkylation sites (N-methyl/N-ethyl adjacent to an activating group) is 1. The molecule has 0 heterocycles. The molecule has 2 N–H and O–H groups in total. The number of halogens is 3. The molecule has 0 aromatic heterocycles. The second kappa shape index (κ2) is 10.8. The van der Waals surface area contributed by atoms with E-state index in [1.807, 2.05) is 31.2 Å². The summed E-state index contributed by atoms with van der Waals surface area (Å²) in [5.41, 5.74) is 8.61. The third-order valence-corrected chi connectivity index (χ3v) is 4.02. The lowest BCUT2D eigenvalue weighted by Crippen LogP contribution is -2.35. The van der Waals surface area contributed by atoms with E-state index in [1.165, 1.54) is 11.0 Å². The van der Waals surface area contributed by atoms with Gasteiger partial charge in [-0.2, -0.15) is 8.78 Å². The van der Waals surface area contributed by atoms with Crippen molar-refractivity contribution in [3.63, 3.8) is 0 Å². The molecule has 0 saturated heterocycles. The van der Waals surface area contributed by atoms with Crippen molar-refractivity contribution in [2.75, 3.05) is 13.7 Å². The molecule has 2 aromatic carbocycles. The minimum Gasteiger partial charge on any atom is -0.490 e. The predicted molar refractivity (Wildman–Crippen MR) is 106 cm³/mol. The number of carbonyl (C=O) groups is 1. The van der Waals surface area contributed by atoms with Crippen molar-refractivity contribution in [1.29, 1.82) is 0 Å². The van der Waals surface area contributed by atoms with Gasteiger partial charge in [-0.1, -0.05) is 35.9 Å². The van der Waals surface area contributed by atoms with Crippen LogP contribution >= 0.6 is 12.4 Å². The quantitative estimate of drug-likeness (QED) is 0.707. The third-order valence-electron chi connectivity index (χ3n) is 4.02. The highest BCUT2D eigenvalue weighted by Crippen LogP contribution is 2.30. The normalized spacial score (nSPS) is 11.5. The van der Waals surface area contributed by atoms with Gasteiger partial charge in [0.15, 0.2) is 11.5 Å². The Bertz CT molecular complexity index is 773. The van der Waals surface area contributed by atoms with Gasteiger partial charge in [-0.3, -0.25) is 4.79 Å². The highest BCUT2D eigenvalue weighted by atomic mass is 35.5. The van der Waals surface area contributed by atoms with Crippen LogP contribution in [0, 0.1) is 6.92 Å². The summed E-state index contributed by atoms with van der Waals surface area (Å²) in [6, 6.07) is 11.3. The van der Waals surface area contributed by atoms with Gasteiger partial charge in [-0.05, 0) is 37.1 Å². The minimum atomic E-state index is -2.94. The number of aryl methyl sites for hydroxylation is 1. The highest BCUT2D eigenvalue weighted by molar-refractivity contribution is 5.85. The SMILES string of the molecule is CCOc1cc(CN(C)C(=O)C(N)c2ccc(C)cc2)ccc1OC(F)F.Cl. The van der Waals surface area contributed by atoms with E-state index >= 15 is 0 Å². The van der Waals surface area contributed by atoms with Crippen LogP contribution in [0.1, 0.15) is 29.7 Å². The molecule has 0 aliphatic rings. The van der Waals surface area contributed by atoms with Crippen molar-refractivity contribution >= 4 is 18.3 Å². The molecule has 0 spiro atoms. The number of rotatable bonds is 8. The maximum atomic E-state index is 12.6. The molecule has 0 fully saturated rings. The first kappa shape index (κ1) is 23.7. The topological polar surface area (TPSA) is 64.8 Å². The molecule has 8 heteroatoms. The van der Waals surface area contributed by atoms with Crippen LogP contribution in [0.2, 0.25) is 0 Å². The number of nitrogens with two attached hydrogens (primary N) is 1. The fourth-order valence-electron chi connectivity index (χ4n) is 2.62. The van der Waals surface area contributed by atoms with E-state index in [0.29, 0.717) is 12.2 Å².